The molecule has 1 fully saturated rings. The van der Waals surface area contributed by atoms with Crippen LogP contribution in [0.15, 0.2) is 41.3 Å². The standard InChI is InChI=1S/C20H17IN2O6S/c1-3-29-16-9-12(8-14(21)18(16)28-2)10-17-19(24)22(20(25)30-17)11-13-6-4-5-7-15(13)23(26)27/h4-10H,3,11H2,1-2H3/b17-10+. The summed E-state index contributed by atoms with van der Waals surface area (Å²) >= 11 is 2.91. The van der Waals surface area contributed by atoms with Crippen LogP contribution in [0.4, 0.5) is 10.5 Å². The number of imide groups is 1. The number of nitrogens with zero attached hydrogens (tertiary/aromatic N) is 2. The van der Waals surface area contributed by atoms with E-state index in [1.165, 1.54) is 18.2 Å². The fourth-order valence-corrected chi connectivity index (χ4v) is 4.60. The molecule has 156 valence electrons. The van der Waals surface area contributed by atoms with Crippen molar-refractivity contribution >= 4 is 57.3 Å². The van der Waals surface area contributed by atoms with Gasteiger partial charge in [0, 0.05) is 11.6 Å². The molecule has 0 atom stereocenters. The Bertz CT molecular complexity index is 1060. The van der Waals surface area contributed by atoms with E-state index < -0.39 is 16.1 Å². The van der Waals surface area contributed by atoms with Crippen LogP contribution in [-0.2, 0) is 11.3 Å². The van der Waals surface area contributed by atoms with Crippen LogP contribution in [0.1, 0.15) is 18.1 Å². The average Bonchev–Trinajstić information content (AvgIpc) is 2.96. The van der Waals surface area contributed by atoms with Gasteiger partial charge in [-0.3, -0.25) is 24.6 Å². The molecule has 1 heterocycles. The van der Waals surface area contributed by atoms with Crippen molar-refractivity contribution in [3.05, 3.63) is 66.1 Å². The van der Waals surface area contributed by atoms with Crippen LogP contribution in [-0.4, -0.2) is 34.7 Å². The Hall–Kier alpha value is -2.60. The topological polar surface area (TPSA) is 99.0 Å². The summed E-state index contributed by atoms with van der Waals surface area (Å²) < 4.78 is 11.8. The van der Waals surface area contributed by atoms with Gasteiger partial charge in [0.15, 0.2) is 11.5 Å². The minimum atomic E-state index is -0.529. The van der Waals surface area contributed by atoms with Gasteiger partial charge in [-0.15, -0.1) is 0 Å². The first-order valence-electron chi connectivity index (χ1n) is 8.83. The van der Waals surface area contributed by atoms with Crippen LogP contribution < -0.4 is 9.47 Å². The number of methoxy groups -OCH3 is 1. The molecule has 2 amide bonds. The Morgan fingerprint density at radius 2 is 2.00 bits per heavy atom. The van der Waals surface area contributed by atoms with Crippen molar-refractivity contribution in [2.24, 2.45) is 0 Å². The van der Waals surface area contributed by atoms with E-state index in [1.54, 1.807) is 25.3 Å². The second kappa shape index (κ2) is 9.47. The largest absolute Gasteiger partial charge is 0.492 e. The molecule has 1 aliphatic heterocycles. The van der Waals surface area contributed by atoms with Crippen LogP contribution in [0.2, 0.25) is 0 Å². The molecular formula is C20H17IN2O6S. The molecule has 0 N–H and O–H groups in total. The minimum absolute atomic E-state index is 0.133. The Morgan fingerprint density at radius 1 is 1.27 bits per heavy atom. The van der Waals surface area contributed by atoms with Crippen LogP contribution in [0.5, 0.6) is 11.5 Å². The van der Waals surface area contributed by atoms with E-state index in [0.717, 1.165) is 20.2 Å². The van der Waals surface area contributed by atoms with Gasteiger partial charge in [0.05, 0.1) is 33.7 Å². The van der Waals surface area contributed by atoms with Gasteiger partial charge in [-0.05, 0) is 65.0 Å². The summed E-state index contributed by atoms with van der Waals surface area (Å²) in [5, 5.41) is 10.7. The molecule has 3 rings (SSSR count). The monoisotopic (exact) mass is 540 g/mol. The number of ether oxygens (including phenoxy) is 2. The molecule has 0 saturated carbocycles. The zero-order valence-electron chi connectivity index (χ0n) is 16.1. The maximum absolute atomic E-state index is 12.8. The summed E-state index contributed by atoms with van der Waals surface area (Å²) in [4.78, 5) is 37.2. The van der Waals surface area contributed by atoms with Crippen molar-refractivity contribution in [3.63, 3.8) is 0 Å². The second-order valence-electron chi connectivity index (χ2n) is 6.12. The number of para-hydroxylation sites is 1. The van der Waals surface area contributed by atoms with Gasteiger partial charge < -0.3 is 9.47 Å². The number of amides is 2. The van der Waals surface area contributed by atoms with Crippen LogP contribution in [0, 0.1) is 13.7 Å². The van der Waals surface area contributed by atoms with E-state index in [-0.39, 0.29) is 17.1 Å². The summed E-state index contributed by atoms with van der Waals surface area (Å²) in [6, 6.07) is 9.60. The summed E-state index contributed by atoms with van der Waals surface area (Å²) in [6.45, 7) is 2.14. The third kappa shape index (κ3) is 4.59. The number of hydrogen-bond acceptors (Lipinski definition) is 7. The first kappa shape index (κ1) is 22.1. The highest BCUT2D eigenvalue weighted by atomic mass is 127. The first-order chi connectivity index (χ1) is 14.3. The Morgan fingerprint density at radius 3 is 2.67 bits per heavy atom. The number of carbonyl (C=O) groups is 2. The SMILES string of the molecule is CCOc1cc(/C=C2/SC(=O)N(Cc3ccccc3[N+](=O)[O-])C2=O)cc(I)c1OC. The van der Waals surface area contributed by atoms with Gasteiger partial charge in [-0.2, -0.15) is 0 Å². The molecule has 0 aliphatic carbocycles. The lowest BCUT2D eigenvalue weighted by Gasteiger charge is -2.13. The number of thioether (sulfide) groups is 1. The molecular weight excluding hydrogens is 523 g/mol. The van der Waals surface area contributed by atoms with Gasteiger partial charge in [-0.1, -0.05) is 18.2 Å². The molecule has 2 aromatic carbocycles. The molecule has 0 aromatic heterocycles. The number of carbonyl (C=O) groups excluding carboxylic acids is 2. The third-order valence-electron chi connectivity index (χ3n) is 4.22. The molecule has 0 spiro atoms. The third-order valence-corrected chi connectivity index (χ3v) is 5.93. The second-order valence-corrected chi connectivity index (χ2v) is 8.28. The number of hydrogen-bond donors (Lipinski definition) is 0. The predicted molar refractivity (Wildman–Crippen MR) is 121 cm³/mol. The van der Waals surface area contributed by atoms with E-state index in [9.17, 15) is 19.7 Å². The molecule has 0 unspecified atom stereocenters. The highest BCUT2D eigenvalue weighted by molar-refractivity contribution is 14.1. The van der Waals surface area contributed by atoms with Crippen LogP contribution >= 0.6 is 34.4 Å². The summed E-state index contributed by atoms with van der Waals surface area (Å²) in [5.41, 5.74) is 0.843. The van der Waals surface area contributed by atoms with E-state index in [0.29, 0.717) is 29.2 Å². The molecule has 0 bridgehead atoms. The maximum Gasteiger partial charge on any atom is 0.293 e. The van der Waals surface area contributed by atoms with Crippen molar-refractivity contribution in [1.82, 2.24) is 4.90 Å². The minimum Gasteiger partial charge on any atom is -0.492 e. The lowest BCUT2D eigenvalue weighted by Crippen LogP contribution is -2.27. The number of benzene rings is 2. The zero-order valence-corrected chi connectivity index (χ0v) is 19.1. The molecule has 10 heteroatoms. The number of halogens is 1. The van der Waals surface area contributed by atoms with Crippen LogP contribution in [0.3, 0.4) is 0 Å². The Kier molecular flexibility index (Phi) is 6.98. The normalized spacial score (nSPS) is 15.0. The van der Waals surface area contributed by atoms with Crippen molar-refractivity contribution in [1.29, 1.82) is 0 Å². The molecule has 2 aromatic rings. The van der Waals surface area contributed by atoms with Gasteiger partial charge in [0.1, 0.15) is 0 Å². The lowest BCUT2D eigenvalue weighted by atomic mass is 10.1. The number of nitro groups is 1. The van der Waals surface area contributed by atoms with Crippen molar-refractivity contribution < 1.29 is 24.0 Å². The first-order valence-corrected chi connectivity index (χ1v) is 10.7. The van der Waals surface area contributed by atoms with Crippen molar-refractivity contribution in [3.8, 4) is 11.5 Å². The molecule has 1 aliphatic rings. The Balaban J connectivity index is 1.90. The Labute approximate surface area is 190 Å². The van der Waals surface area contributed by atoms with E-state index in [2.05, 4.69) is 22.6 Å². The fourth-order valence-electron chi connectivity index (χ4n) is 2.91. The maximum atomic E-state index is 12.8. The smallest absolute Gasteiger partial charge is 0.293 e. The highest BCUT2D eigenvalue weighted by Gasteiger charge is 2.36. The summed E-state index contributed by atoms with van der Waals surface area (Å²) in [5.74, 6) is 0.642. The van der Waals surface area contributed by atoms with Gasteiger partial charge >= 0.3 is 0 Å². The van der Waals surface area contributed by atoms with Gasteiger partial charge in [0.25, 0.3) is 16.8 Å². The highest BCUT2D eigenvalue weighted by Crippen LogP contribution is 2.38. The van der Waals surface area contributed by atoms with Crippen molar-refractivity contribution in [2.75, 3.05) is 13.7 Å². The molecule has 1 saturated heterocycles. The van der Waals surface area contributed by atoms with Gasteiger partial charge in [-0.25, -0.2) is 0 Å². The zero-order chi connectivity index (χ0) is 21.8. The number of rotatable bonds is 7. The van der Waals surface area contributed by atoms with Gasteiger partial charge in [0.2, 0.25) is 0 Å². The van der Waals surface area contributed by atoms with Crippen LogP contribution in [0.25, 0.3) is 6.08 Å². The molecule has 8 nitrogen and oxygen atoms in total. The quantitative estimate of drug-likeness (QED) is 0.215. The van der Waals surface area contributed by atoms with Crippen molar-refractivity contribution in [2.45, 2.75) is 13.5 Å². The average molecular weight is 540 g/mol. The number of nitro benzene ring substituents is 1. The summed E-state index contributed by atoms with van der Waals surface area (Å²) in [6.07, 6.45) is 1.61. The lowest BCUT2D eigenvalue weighted by molar-refractivity contribution is -0.385. The van der Waals surface area contributed by atoms with E-state index in [1.807, 2.05) is 13.0 Å². The van der Waals surface area contributed by atoms with E-state index in [4.69, 9.17) is 9.47 Å². The predicted octanol–water partition coefficient (Wildman–Crippen LogP) is 4.84. The fraction of sp³-hybridized carbons (Fsp3) is 0.200. The van der Waals surface area contributed by atoms with E-state index >= 15 is 0 Å². The molecule has 30 heavy (non-hydrogen) atoms. The molecule has 0 radical (unpaired) electrons. The summed E-state index contributed by atoms with van der Waals surface area (Å²) in [7, 11) is 1.55.